The first-order valence-corrected chi connectivity index (χ1v) is 19.6. The molecule has 56 heavy (non-hydrogen) atoms. The lowest BCUT2D eigenvalue weighted by Gasteiger charge is -2.37. The molecule has 2 aliphatic heterocycles. The van der Waals surface area contributed by atoms with E-state index in [1.807, 2.05) is 0 Å². The molecule has 2 nitrogen and oxygen atoms in total. The van der Waals surface area contributed by atoms with Gasteiger partial charge in [-0.1, -0.05) is 169 Å². The topological polar surface area (TPSA) is 6.48 Å². The zero-order valence-electron chi connectivity index (χ0n) is 30.7. The molecule has 0 amide bonds. The maximum absolute atomic E-state index is 2.43. The van der Waals surface area contributed by atoms with E-state index in [2.05, 4.69) is 216 Å². The van der Waals surface area contributed by atoms with Crippen LogP contribution in [0, 0.1) is 0 Å². The standard InChI is InChI=1S/C52H34B2N2/c1-3-15-37(16-4-1)55-47-23-11-7-19-43(47)53(44-20-8-12-24-48(44)55)41-33-29-35-28-32-40-42(34-30-36-27-31-39(41)51(35)52(36)40)54-45-21-9-13-25-49(45)56(38-17-5-2-6-18-38)50-26-14-10-22-46(50)54/h1-34H. The van der Waals surface area contributed by atoms with Crippen LogP contribution in [0.4, 0.5) is 34.1 Å². The van der Waals surface area contributed by atoms with E-state index in [-0.39, 0.29) is 13.4 Å². The number of nitrogens with zero attached hydrogens (tertiary/aromatic N) is 2. The molecule has 0 saturated carbocycles. The average Bonchev–Trinajstić information content (AvgIpc) is 3.27. The summed E-state index contributed by atoms with van der Waals surface area (Å²) < 4.78 is 0. The summed E-state index contributed by atoms with van der Waals surface area (Å²) >= 11 is 0. The van der Waals surface area contributed by atoms with Gasteiger partial charge in [-0.2, -0.15) is 0 Å². The highest BCUT2D eigenvalue weighted by Gasteiger charge is 2.38. The minimum atomic E-state index is 0.0764. The van der Waals surface area contributed by atoms with Crippen molar-refractivity contribution in [2.45, 2.75) is 0 Å². The third kappa shape index (κ3) is 4.47. The van der Waals surface area contributed by atoms with Gasteiger partial charge in [-0.15, -0.1) is 0 Å². The summed E-state index contributed by atoms with van der Waals surface area (Å²) in [6, 6.07) is 76.5. The molecule has 10 aromatic rings. The Morgan fingerprint density at radius 2 is 0.554 bits per heavy atom. The van der Waals surface area contributed by atoms with Crippen molar-refractivity contribution in [1.29, 1.82) is 0 Å². The second-order valence-electron chi connectivity index (χ2n) is 15.2. The van der Waals surface area contributed by atoms with Crippen LogP contribution in [-0.4, -0.2) is 13.4 Å². The zero-order valence-corrected chi connectivity index (χ0v) is 30.7. The minimum Gasteiger partial charge on any atom is -0.312 e. The van der Waals surface area contributed by atoms with Crippen LogP contribution < -0.4 is 42.6 Å². The number of para-hydroxylation sites is 6. The number of anilines is 6. The third-order valence-electron chi connectivity index (χ3n) is 12.3. The van der Waals surface area contributed by atoms with Crippen LogP contribution in [-0.2, 0) is 0 Å². The van der Waals surface area contributed by atoms with Crippen LogP contribution >= 0.6 is 0 Å². The van der Waals surface area contributed by atoms with Crippen molar-refractivity contribution in [1.82, 2.24) is 0 Å². The van der Waals surface area contributed by atoms with Gasteiger partial charge in [-0.05, 0) is 103 Å². The van der Waals surface area contributed by atoms with Crippen LogP contribution in [0.15, 0.2) is 206 Å². The van der Waals surface area contributed by atoms with Crippen LogP contribution in [0.2, 0.25) is 0 Å². The van der Waals surface area contributed by atoms with Crippen LogP contribution in [0.1, 0.15) is 0 Å². The molecule has 0 saturated heterocycles. The summed E-state index contributed by atoms with van der Waals surface area (Å²) in [4.78, 5) is 4.87. The van der Waals surface area contributed by atoms with E-state index >= 15 is 0 Å². The van der Waals surface area contributed by atoms with Gasteiger partial charge < -0.3 is 9.80 Å². The third-order valence-corrected chi connectivity index (χ3v) is 12.3. The summed E-state index contributed by atoms with van der Waals surface area (Å²) in [5, 5.41) is 7.90. The summed E-state index contributed by atoms with van der Waals surface area (Å²) in [6.45, 7) is 0.153. The van der Waals surface area contributed by atoms with Gasteiger partial charge in [0, 0.05) is 34.1 Å². The first-order chi connectivity index (χ1) is 27.8. The highest BCUT2D eigenvalue weighted by Crippen LogP contribution is 2.39. The molecular formula is C52H34B2N2. The van der Waals surface area contributed by atoms with Gasteiger partial charge >= 0.3 is 0 Å². The molecule has 0 spiro atoms. The Kier molecular flexibility index (Phi) is 6.85. The molecule has 0 atom stereocenters. The van der Waals surface area contributed by atoms with Crippen molar-refractivity contribution in [3.63, 3.8) is 0 Å². The van der Waals surface area contributed by atoms with E-state index in [9.17, 15) is 0 Å². The number of rotatable bonds is 4. The van der Waals surface area contributed by atoms with Gasteiger partial charge in [0.1, 0.15) is 0 Å². The van der Waals surface area contributed by atoms with Crippen molar-refractivity contribution < 1.29 is 0 Å². The molecule has 10 aromatic carbocycles. The monoisotopic (exact) mass is 708 g/mol. The van der Waals surface area contributed by atoms with Crippen molar-refractivity contribution in [3.05, 3.63) is 206 Å². The predicted octanol–water partition coefficient (Wildman–Crippen LogP) is 9.18. The fraction of sp³-hybridized carbons (Fsp3) is 0. The summed E-state index contributed by atoms with van der Waals surface area (Å²) in [5.41, 5.74) is 15.3. The van der Waals surface area contributed by atoms with Crippen molar-refractivity contribution in [3.8, 4) is 0 Å². The molecule has 258 valence electrons. The van der Waals surface area contributed by atoms with E-state index in [1.165, 1.54) is 99.2 Å². The van der Waals surface area contributed by atoms with E-state index in [4.69, 9.17) is 0 Å². The maximum Gasteiger partial charge on any atom is 0.247 e. The summed E-state index contributed by atoms with van der Waals surface area (Å²) in [7, 11) is 0. The molecule has 0 bridgehead atoms. The quantitative estimate of drug-likeness (QED) is 0.133. The second kappa shape index (κ2) is 12.2. The fourth-order valence-corrected chi connectivity index (χ4v) is 10.1. The largest absolute Gasteiger partial charge is 0.312 e. The summed E-state index contributed by atoms with van der Waals surface area (Å²) in [5.74, 6) is 0. The lowest BCUT2D eigenvalue weighted by Crippen LogP contribution is -2.57. The van der Waals surface area contributed by atoms with Gasteiger partial charge in [0.25, 0.3) is 0 Å². The smallest absolute Gasteiger partial charge is 0.247 e. The molecule has 2 aliphatic rings. The zero-order chi connectivity index (χ0) is 36.7. The maximum atomic E-state index is 2.43. The average molecular weight is 708 g/mol. The molecule has 12 rings (SSSR count). The number of fused-ring (bicyclic) bond motifs is 4. The molecule has 2 heterocycles. The summed E-state index contributed by atoms with van der Waals surface area (Å²) in [6.07, 6.45) is 0. The Morgan fingerprint density at radius 3 is 0.911 bits per heavy atom. The lowest BCUT2D eigenvalue weighted by molar-refractivity contribution is 1.29. The molecule has 4 heteroatoms. The molecular weight excluding hydrogens is 674 g/mol. The Balaban J connectivity index is 1.09. The van der Waals surface area contributed by atoms with Crippen LogP contribution in [0.25, 0.3) is 32.3 Å². The Bertz CT molecular complexity index is 2820. The Morgan fingerprint density at radius 1 is 0.250 bits per heavy atom. The van der Waals surface area contributed by atoms with E-state index in [1.54, 1.807) is 0 Å². The number of hydrogen-bond acceptors (Lipinski definition) is 2. The van der Waals surface area contributed by atoms with E-state index in [0.717, 1.165) is 0 Å². The fourth-order valence-electron chi connectivity index (χ4n) is 10.1. The highest BCUT2D eigenvalue weighted by atomic mass is 15.2. The van der Waals surface area contributed by atoms with Gasteiger partial charge in [0.2, 0.25) is 13.4 Å². The van der Waals surface area contributed by atoms with Crippen molar-refractivity contribution in [2.75, 3.05) is 9.80 Å². The van der Waals surface area contributed by atoms with Crippen molar-refractivity contribution >= 4 is 113 Å². The highest BCUT2D eigenvalue weighted by molar-refractivity contribution is 7.00. The number of hydrogen-bond donors (Lipinski definition) is 0. The molecule has 0 aliphatic carbocycles. The Labute approximate surface area is 327 Å². The van der Waals surface area contributed by atoms with Gasteiger partial charge in [0.05, 0.1) is 0 Å². The molecule has 0 fully saturated rings. The lowest BCUT2D eigenvalue weighted by atomic mass is 9.34. The molecule has 0 radical (unpaired) electrons. The van der Waals surface area contributed by atoms with E-state index < -0.39 is 0 Å². The van der Waals surface area contributed by atoms with Crippen LogP contribution in [0.3, 0.4) is 0 Å². The first-order valence-electron chi connectivity index (χ1n) is 19.6. The van der Waals surface area contributed by atoms with Gasteiger partial charge in [-0.3, -0.25) is 0 Å². The van der Waals surface area contributed by atoms with Gasteiger partial charge in [0.15, 0.2) is 0 Å². The molecule has 0 aromatic heterocycles. The first kappa shape index (κ1) is 31.3. The van der Waals surface area contributed by atoms with Crippen LogP contribution in [0.5, 0.6) is 0 Å². The number of benzene rings is 10. The Hall–Kier alpha value is -7.03. The normalized spacial score (nSPS) is 13.2. The molecule has 0 N–H and O–H groups in total. The second-order valence-corrected chi connectivity index (χ2v) is 15.2. The molecule has 0 unspecified atom stereocenters. The predicted molar refractivity (Wildman–Crippen MR) is 242 cm³/mol. The minimum absolute atomic E-state index is 0.0764. The van der Waals surface area contributed by atoms with E-state index in [0.29, 0.717) is 0 Å². The van der Waals surface area contributed by atoms with Crippen molar-refractivity contribution in [2.24, 2.45) is 0 Å². The van der Waals surface area contributed by atoms with Gasteiger partial charge in [-0.25, -0.2) is 0 Å². The SMILES string of the molecule is c1ccc(N2c3ccccc3B(c3ccc4ccc5c(B6c7ccccc7N(c7ccccc7)c7ccccc76)ccc6ccc3c4c65)c3ccccc32)cc1.